The highest BCUT2D eigenvalue weighted by Gasteiger charge is 2.24. The molecule has 1 aromatic rings. The molecule has 1 saturated carbocycles. The van der Waals surface area contributed by atoms with Crippen LogP contribution in [-0.4, -0.2) is 19.8 Å². The molecule has 16 heavy (non-hydrogen) atoms. The first-order valence-corrected chi connectivity index (χ1v) is 5.55. The lowest BCUT2D eigenvalue weighted by Crippen LogP contribution is -1.99. The van der Waals surface area contributed by atoms with Crippen molar-refractivity contribution in [1.82, 2.24) is 0 Å². The van der Waals surface area contributed by atoms with Gasteiger partial charge in [0.05, 0.1) is 13.2 Å². The summed E-state index contributed by atoms with van der Waals surface area (Å²) in [5.41, 5.74) is 6.50. The smallest absolute Gasteiger partial charge is 0.162 e. The number of hydrogen-bond donors (Lipinski definition) is 1. The zero-order chi connectivity index (χ0) is 11.4. The monoisotopic (exact) mass is 219 g/mol. The highest BCUT2D eigenvalue weighted by molar-refractivity contribution is 5.56. The molecule has 1 aromatic carbocycles. The Balaban J connectivity index is 2.19. The van der Waals surface area contributed by atoms with Gasteiger partial charge in [0.25, 0.3) is 0 Å². The van der Waals surface area contributed by atoms with Gasteiger partial charge in [-0.05, 0) is 30.5 Å². The molecule has 0 aliphatic heterocycles. The number of benzene rings is 1. The minimum atomic E-state index is 0.377. The van der Waals surface area contributed by atoms with E-state index in [0.717, 1.165) is 29.9 Å². The van der Waals surface area contributed by atoms with Crippen LogP contribution >= 0.6 is 0 Å². The van der Waals surface area contributed by atoms with Gasteiger partial charge in [-0.1, -0.05) is 18.2 Å². The van der Waals surface area contributed by atoms with E-state index in [-0.39, 0.29) is 0 Å². The number of hydrogen-bond acceptors (Lipinski definition) is 3. The van der Waals surface area contributed by atoms with Crippen molar-refractivity contribution in [1.29, 1.82) is 0 Å². The molecule has 0 radical (unpaired) electrons. The van der Waals surface area contributed by atoms with Crippen molar-refractivity contribution in [3.05, 3.63) is 29.8 Å². The molecule has 0 spiro atoms. The van der Waals surface area contributed by atoms with Crippen molar-refractivity contribution in [2.45, 2.75) is 18.9 Å². The second kappa shape index (κ2) is 5.03. The van der Waals surface area contributed by atoms with Gasteiger partial charge in [-0.2, -0.15) is 0 Å². The molecule has 1 fully saturated rings. The number of rotatable bonds is 5. The number of nitrogens with two attached hydrogens (primary N) is 1. The summed E-state index contributed by atoms with van der Waals surface area (Å²) < 4.78 is 11.0. The van der Waals surface area contributed by atoms with Crippen molar-refractivity contribution in [2.75, 3.05) is 13.7 Å². The summed E-state index contributed by atoms with van der Waals surface area (Å²) in [4.78, 5) is 0. The van der Waals surface area contributed by atoms with E-state index in [2.05, 4.69) is 0 Å². The molecular formula is C13H17NO2. The Labute approximate surface area is 95.9 Å². The maximum absolute atomic E-state index is 5.78. The molecule has 1 aliphatic carbocycles. The fraction of sp³-hybridized carbons (Fsp3) is 0.385. The van der Waals surface area contributed by atoms with Gasteiger partial charge in [-0.3, -0.25) is 0 Å². The summed E-state index contributed by atoms with van der Waals surface area (Å²) >= 11 is 0. The van der Waals surface area contributed by atoms with Crippen molar-refractivity contribution in [3.63, 3.8) is 0 Å². The third-order valence-corrected chi connectivity index (χ3v) is 2.45. The third-order valence-electron chi connectivity index (χ3n) is 2.45. The van der Waals surface area contributed by atoms with E-state index in [9.17, 15) is 0 Å². The maximum Gasteiger partial charge on any atom is 0.162 e. The Morgan fingerprint density at radius 3 is 2.81 bits per heavy atom. The van der Waals surface area contributed by atoms with E-state index in [1.807, 2.05) is 30.4 Å². The van der Waals surface area contributed by atoms with Crippen LogP contribution in [0.4, 0.5) is 0 Å². The van der Waals surface area contributed by atoms with E-state index in [1.54, 1.807) is 7.11 Å². The second-order valence-electron chi connectivity index (χ2n) is 3.87. The van der Waals surface area contributed by atoms with Crippen LogP contribution in [0.3, 0.4) is 0 Å². The van der Waals surface area contributed by atoms with Crippen LogP contribution in [0.15, 0.2) is 24.3 Å². The van der Waals surface area contributed by atoms with Gasteiger partial charge < -0.3 is 15.2 Å². The summed E-state index contributed by atoms with van der Waals surface area (Å²) in [7, 11) is 1.66. The van der Waals surface area contributed by atoms with Crippen LogP contribution in [-0.2, 0) is 0 Å². The molecule has 0 bridgehead atoms. The van der Waals surface area contributed by atoms with Crippen LogP contribution in [0.1, 0.15) is 18.4 Å². The highest BCUT2D eigenvalue weighted by Crippen LogP contribution is 2.34. The fourth-order valence-corrected chi connectivity index (χ4v) is 1.46. The van der Waals surface area contributed by atoms with Gasteiger partial charge in [0, 0.05) is 6.54 Å². The van der Waals surface area contributed by atoms with E-state index in [1.165, 1.54) is 0 Å². The molecule has 0 aromatic heterocycles. The third kappa shape index (κ3) is 2.76. The highest BCUT2D eigenvalue weighted by atomic mass is 16.5. The molecule has 86 valence electrons. The molecular weight excluding hydrogens is 202 g/mol. The van der Waals surface area contributed by atoms with Crippen LogP contribution in [0, 0.1) is 0 Å². The molecule has 0 atom stereocenters. The normalized spacial score (nSPS) is 15.4. The quantitative estimate of drug-likeness (QED) is 0.825. The molecule has 3 nitrogen and oxygen atoms in total. The zero-order valence-electron chi connectivity index (χ0n) is 9.48. The topological polar surface area (TPSA) is 44.5 Å². The molecule has 2 N–H and O–H groups in total. The summed E-state index contributed by atoms with van der Waals surface area (Å²) in [6.07, 6.45) is 6.57. The molecule has 2 rings (SSSR count). The minimum Gasteiger partial charge on any atom is -0.493 e. The van der Waals surface area contributed by atoms with Gasteiger partial charge in [0.2, 0.25) is 0 Å². The Morgan fingerprint density at radius 2 is 2.19 bits per heavy atom. The van der Waals surface area contributed by atoms with Crippen LogP contribution in [0.25, 0.3) is 6.08 Å². The Morgan fingerprint density at radius 1 is 1.38 bits per heavy atom. The van der Waals surface area contributed by atoms with Gasteiger partial charge in [-0.25, -0.2) is 0 Å². The van der Waals surface area contributed by atoms with Crippen LogP contribution in [0.5, 0.6) is 11.5 Å². The fourth-order valence-electron chi connectivity index (χ4n) is 1.46. The number of methoxy groups -OCH3 is 1. The van der Waals surface area contributed by atoms with Crippen molar-refractivity contribution < 1.29 is 9.47 Å². The lowest BCUT2D eigenvalue weighted by Gasteiger charge is -2.10. The first kappa shape index (κ1) is 11.0. The Kier molecular flexibility index (Phi) is 3.47. The lowest BCUT2D eigenvalue weighted by atomic mass is 10.2. The van der Waals surface area contributed by atoms with E-state index >= 15 is 0 Å². The average molecular weight is 219 g/mol. The summed E-state index contributed by atoms with van der Waals surface area (Å²) in [5, 5.41) is 0. The van der Waals surface area contributed by atoms with E-state index in [0.29, 0.717) is 12.6 Å². The van der Waals surface area contributed by atoms with Gasteiger partial charge >= 0.3 is 0 Å². The molecule has 0 amide bonds. The first-order valence-electron chi connectivity index (χ1n) is 5.55. The van der Waals surface area contributed by atoms with Gasteiger partial charge in [-0.15, -0.1) is 0 Å². The molecule has 3 heteroatoms. The summed E-state index contributed by atoms with van der Waals surface area (Å²) in [6.45, 7) is 0.546. The summed E-state index contributed by atoms with van der Waals surface area (Å²) in [5.74, 6) is 1.61. The zero-order valence-corrected chi connectivity index (χ0v) is 9.48. The standard InChI is InChI=1S/C13H17NO2/c1-15-12-7-4-10(3-2-8-14)9-13(12)16-11-5-6-11/h2-4,7,9,11H,5-6,8,14H2,1H3/b3-2+. The SMILES string of the molecule is COc1ccc(/C=C/CN)cc1OC1CC1. The first-order chi connectivity index (χ1) is 7.83. The van der Waals surface area contributed by atoms with Crippen molar-refractivity contribution in [2.24, 2.45) is 5.73 Å². The Hall–Kier alpha value is -1.48. The molecule has 1 aliphatic rings. The summed E-state index contributed by atoms with van der Waals surface area (Å²) in [6, 6.07) is 5.90. The molecule has 0 heterocycles. The van der Waals surface area contributed by atoms with Crippen molar-refractivity contribution in [3.8, 4) is 11.5 Å². The minimum absolute atomic E-state index is 0.377. The number of ether oxygens (including phenoxy) is 2. The maximum atomic E-state index is 5.78. The molecule has 0 unspecified atom stereocenters. The molecule has 0 saturated heterocycles. The largest absolute Gasteiger partial charge is 0.493 e. The Bertz CT molecular complexity index is 384. The average Bonchev–Trinajstić information content (AvgIpc) is 3.10. The van der Waals surface area contributed by atoms with Crippen LogP contribution in [0.2, 0.25) is 0 Å². The predicted molar refractivity (Wildman–Crippen MR) is 64.7 cm³/mol. The van der Waals surface area contributed by atoms with Gasteiger partial charge in [0.15, 0.2) is 11.5 Å². The predicted octanol–water partition coefficient (Wildman–Crippen LogP) is 2.21. The van der Waals surface area contributed by atoms with Crippen LogP contribution < -0.4 is 15.2 Å². The second-order valence-corrected chi connectivity index (χ2v) is 3.87. The van der Waals surface area contributed by atoms with Gasteiger partial charge in [0.1, 0.15) is 0 Å². The lowest BCUT2D eigenvalue weighted by molar-refractivity contribution is 0.282. The van der Waals surface area contributed by atoms with E-state index in [4.69, 9.17) is 15.2 Å². The van der Waals surface area contributed by atoms with E-state index < -0.39 is 0 Å². The van der Waals surface area contributed by atoms with Crippen molar-refractivity contribution >= 4 is 6.08 Å².